The van der Waals surface area contributed by atoms with Gasteiger partial charge >= 0.3 is 0 Å². The first-order valence-corrected chi connectivity index (χ1v) is 13.9. The second-order valence-electron chi connectivity index (χ2n) is 10.0. The van der Waals surface area contributed by atoms with Gasteiger partial charge in [0.1, 0.15) is 11.8 Å². The second-order valence-corrected chi connectivity index (χ2v) is 10.4. The van der Waals surface area contributed by atoms with Crippen LogP contribution in [0.1, 0.15) is 40.8 Å². The van der Waals surface area contributed by atoms with Crippen molar-refractivity contribution in [2.75, 3.05) is 13.2 Å². The van der Waals surface area contributed by atoms with E-state index in [0.717, 1.165) is 36.1 Å². The molecule has 1 aliphatic rings. The number of likely N-dealkylation sites (tertiary alicyclic amines) is 1. The molecule has 0 bridgehead atoms. The van der Waals surface area contributed by atoms with Gasteiger partial charge in [0.15, 0.2) is 0 Å². The van der Waals surface area contributed by atoms with Crippen LogP contribution < -0.4 is 10.1 Å². The van der Waals surface area contributed by atoms with E-state index < -0.39 is 0 Å². The predicted octanol–water partition coefficient (Wildman–Crippen LogP) is 5.78. The van der Waals surface area contributed by atoms with Gasteiger partial charge < -0.3 is 19.5 Å². The molecule has 4 aromatic rings. The Balaban J connectivity index is 0.00000387. The summed E-state index contributed by atoms with van der Waals surface area (Å²) in [5.41, 5.74) is 4.83. The number of nitriles is 1. The minimum Gasteiger partial charge on any atom is -0.492 e. The minimum absolute atomic E-state index is 0. The highest BCUT2D eigenvalue weighted by Crippen LogP contribution is 2.22. The molecule has 2 heterocycles. The van der Waals surface area contributed by atoms with E-state index in [-0.39, 0.29) is 24.4 Å². The molecular formula is C32H33Cl2N5O2. The normalized spacial score (nSPS) is 14.5. The Kier molecular flexibility index (Phi) is 10.8. The van der Waals surface area contributed by atoms with E-state index in [2.05, 4.69) is 33.1 Å². The number of ether oxygens (including phenoxy) is 1. The molecule has 1 N–H and O–H groups in total. The number of aromatic nitrogens is 2. The highest BCUT2D eigenvalue weighted by molar-refractivity contribution is 6.30. The van der Waals surface area contributed by atoms with E-state index in [1.54, 1.807) is 6.33 Å². The smallest absolute Gasteiger partial charge is 0.240 e. The Hall–Kier alpha value is -3.83. The molecule has 1 aromatic heterocycles. The van der Waals surface area contributed by atoms with Gasteiger partial charge in [-0.1, -0.05) is 60.1 Å². The van der Waals surface area contributed by atoms with Crippen molar-refractivity contribution < 1.29 is 9.53 Å². The molecule has 3 aromatic carbocycles. The number of nitrogens with zero attached hydrogens (tertiary/aromatic N) is 4. The molecule has 0 spiro atoms. The van der Waals surface area contributed by atoms with Gasteiger partial charge in [-0.3, -0.25) is 4.79 Å². The van der Waals surface area contributed by atoms with Gasteiger partial charge in [-0.15, -0.1) is 12.4 Å². The Labute approximate surface area is 252 Å². The number of carbonyl (C=O) groups is 1. The summed E-state index contributed by atoms with van der Waals surface area (Å²) in [5.74, 6) is 0.705. The van der Waals surface area contributed by atoms with Gasteiger partial charge in [-0.2, -0.15) is 5.26 Å². The van der Waals surface area contributed by atoms with E-state index in [0.29, 0.717) is 49.1 Å². The lowest BCUT2D eigenvalue weighted by Crippen LogP contribution is -2.38. The molecule has 1 fully saturated rings. The van der Waals surface area contributed by atoms with E-state index >= 15 is 0 Å². The zero-order valence-corrected chi connectivity index (χ0v) is 24.3. The van der Waals surface area contributed by atoms with Crippen LogP contribution in [0.5, 0.6) is 5.75 Å². The van der Waals surface area contributed by atoms with Crippen LogP contribution in [0.15, 0.2) is 85.3 Å². The third-order valence-electron chi connectivity index (χ3n) is 7.12. The quantitative estimate of drug-likeness (QED) is 0.212. The maximum absolute atomic E-state index is 13.0. The third-order valence-corrected chi connectivity index (χ3v) is 7.35. The average Bonchev–Trinajstić information content (AvgIpc) is 3.56. The Morgan fingerprint density at radius 2 is 1.83 bits per heavy atom. The Morgan fingerprint density at radius 3 is 2.63 bits per heavy atom. The van der Waals surface area contributed by atoms with E-state index in [4.69, 9.17) is 16.3 Å². The van der Waals surface area contributed by atoms with Gasteiger partial charge in [0, 0.05) is 37.4 Å². The minimum atomic E-state index is -0.228. The van der Waals surface area contributed by atoms with Gasteiger partial charge in [0.25, 0.3) is 0 Å². The number of amides is 1. The maximum Gasteiger partial charge on any atom is 0.240 e. The summed E-state index contributed by atoms with van der Waals surface area (Å²) in [6.45, 7) is 2.92. The fraction of sp³-hybridized carbons (Fsp3) is 0.281. The van der Waals surface area contributed by atoms with Crippen LogP contribution in [0.25, 0.3) is 0 Å². The van der Waals surface area contributed by atoms with Crippen molar-refractivity contribution in [1.82, 2.24) is 19.8 Å². The maximum atomic E-state index is 13.0. The summed E-state index contributed by atoms with van der Waals surface area (Å²) < 4.78 is 8.07. The van der Waals surface area contributed by atoms with Gasteiger partial charge in [-0.05, 0) is 60.2 Å². The van der Waals surface area contributed by atoms with Crippen LogP contribution in [-0.2, 0) is 30.8 Å². The zero-order chi connectivity index (χ0) is 27.7. The number of imidazole rings is 1. The number of hydrogen-bond acceptors (Lipinski definition) is 5. The summed E-state index contributed by atoms with van der Waals surface area (Å²) in [6.07, 6.45) is 6.16. The summed E-state index contributed by atoms with van der Waals surface area (Å²) in [4.78, 5) is 19.2. The summed E-state index contributed by atoms with van der Waals surface area (Å²) in [6, 6.07) is 25.6. The first-order valence-electron chi connectivity index (χ1n) is 13.5. The fourth-order valence-corrected chi connectivity index (χ4v) is 5.20. The molecule has 1 saturated heterocycles. The van der Waals surface area contributed by atoms with Gasteiger partial charge in [-0.25, -0.2) is 4.98 Å². The number of rotatable bonds is 12. The van der Waals surface area contributed by atoms with Crippen LogP contribution in [0.2, 0.25) is 5.02 Å². The topological polar surface area (TPSA) is 83.2 Å². The molecule has 0 saturated carbocycles. The number of halogens is 2. The summed E-state index contributed by atoms with van der Waals surface area (Å²) in [5, 5.41) is 13.7. The number of hydrogen-bond donors (Lipinski definition) is 1. The van der Waals surface area contributed by atoms with Crippen LogP contribution in [-0.4, -0.2) is 39.6 Å². The van der Waals surface area contributed by atoms with Crippen molar-refractivity contribution in [3.05, 3.63) is 118 Å². The number of aryl methyl sites for hydroxylation is 1. The van der Waals surface area contributed by atoms with Crippen molar-refractivity contribution in [2.24, 2.45) is 0 Å². The van der Waals surface area contributed by atoms with Gasteiger partial charge in [0.2, 0.25) is 5.91 Å². The molecule has 5 rings (SSSR count). The van der Waals surface area contributed by atoms with Gasteiger partial charge in [0.05, 0.1) is 30.2 Å². The standard InChI is InChI=1S/C32H32ClN5O2.ClH/c33-28-10-4-8-25(16-28)21-37-14-13-30(32(37)39)36-20-29-19-35-23-38(29)22-26-11-12-27(18-34)31(17-26)40-15-5-9-24-6-2-1-3-7-24;/h1-4,6-8,10-12,16-17,19,23,30,36H,5,9,13-15,20-22H2;1H/t30-;/m0./s1. The lowest BCUT2D eigenvalue weighted by atomic mass is 10.1. The fourth-order valence-electron chi connectivity index (χ4n) is 4.98. The van der Waals surface area contributed by atoms with Crippen LogP contribution in [0, 0.1) is 11.3 Å². The molecular weight excluding hydrogens is 557 g/mol. The largest absolute Gasteiger partial charge is 0.492 e. The SMILES string of the molecule is Cl.N#Cc1ccc(Cn2cncc2CN[C@H]2CCN(Cc3cccc(Cl)c3)C2=O)cc1OCCCc1ccccc1. The zero-order valence-electron chi connectivity index (χ0n) is 22.7. The third kappa shape index (κ3) is 8.11. The second kappa shape index (κ2) is 14.7. The van der Waals surface area contributed by atoms with Crippen LogP contribution >= 0.6 is 24.0 Å². The molecule has 7 nitrogen and oxygen atoms in total. The average molecular weight is 591 g/mol. The molecule has 9 heteroatoms. The molecule has 41 heavy (non-hydrogen) atoms. The highest BCUT2D eigenvalue weighted by atomic mass is 35.5. The lowest BCUT2D eigenvalue weighted by Gasteiger charge is -2.18. The summed E-state index contributed by atoms with van der Waals surface area (Å²) in [7, 11) is 0. The first kappa shape index (κ1) is 30.1. The summed E-state index contributed by atoms with van der Waals surface area (Å²) >= 11 is 6.10. The Bertz CT molecular complexity index is 1480. The lowest BCUT2D eigenvalue weighted by molar-refractivity contribution is -0.129. The van der Waals surface area contributed by atoms with E-state index in [1.807, 2.05) is 71.8 Å². The predicted molar refractivity (Wildman–Crippen MR) is 162 cm³/mol. The molecule has 212 valence electrons. The molecule has 0 unspecified atom stereocenters. The highest BCUT2D eigenvalue weighted by Gasteiger charge is 2.31. The van der Waals surface area contributed by atoms with Crippen LogP contribution in [0.4, 0.5) is 0 Å². The first-order chi connectivity index (χ1) is 19.6. The number of nitrogens with one attached hydrogen (secondary N) is 1. The molecule has 1 amide bonds. The van der Waals surface area contributed by atoms with Crippen molar-refractivity contribution in [3.8, 4) is 11.8 Å². The van der Waals surface area contributed by atoms with E-state index in [1.165, 1.54) is 5.56 Å². The molecule has 1 atom stereocenters. The molecule has 0 radical (unpaired) electrons. The van der Waals surface area contributed by atoms with Crippen molar-refractivity contribution in [2.45, 2.75) is 44.9 Å². The van der Waals surface area contributed by atoms with Crippen LogP contribution in [0.3, 0.4) is 0 Å². The molecule has 1 aliphatic heterocycles. The monoisotopic (exact) mass is 589 g/mol. The van der Waals surface area contributed by atoms with Crippen molar-refractivity contribution in [3.63, 3.8) is 0 Å². The van der Waals surface area contributed by atoms with E-state index in [9.17, 15) is 10.1 Å². The number of benzene rings is 3. The molecule has 0 aliphatic carbocycles. The number of carbonyl (C=O) groups excluding carboxylic acids is 1. The van der Waals surface area contributed by atoms with Crippen molar-refractivity contribution >= 4 is 29.9 Å². The van der Waals surface area contributed by atoms with Crippen molar-refractivity contribution in [1.29, 1.82) is 5.26 Å². The Morgan fingerprint density at radius 1 is 1.02 bits per heavy atom.